The van der Waals surface area contributed by atoms with Gasteiger partial charge in [-0.05, 0) is 47.4 Å². The molecule has 0 spiro atoms. The Hall–Kier alpha value is -3.35. The summed E-state index contributed by atoms with van der Waals surface area (Å²) in [5.74, 6) is -1.36. The molecule has 4 rings (SSSR count). The number of hydrogen-bond donors (Lipinski definition) is 3. The molecular weight excluding hydrogens is 444 g/mol. The van der Waals surface area contributed by atoms with Gasteiger partial charge in [-0.25, -0.2) is 4.79 Å². The summed E-state index contributed by atoms with van der Waals surface area (Å²) >= 11 is 0. The van der Waals surface area contributed by atoms with Gasteiger partial charge in [-0.1, -0.05) is 74.7 Å². The largest absolute Gasteiger partial charge is 0.481 e. The number of hydrogen-bond acceptors (Lipinski definition) is 4. The summed E-state index contributed by atoms with van der Waals surface area (Å²) < 4.78 is 5.53. The zero-order chi connectivity index (χ0) is 24.8. The summed E-state index contributed by atoms with van der Waals surface area (Å²) in [7, 11) is 0. The number of carboxylic acids is 1. The van der Waals surface area contributed by atoms with E-state index < -0.39 is 30.4 Å². The lowest BCUT2D eigenvalue weighted by molar-refractivity contribution is -0.140. The molecular formula is C28H34N2O5. The first-order valence-electron chi connectivity index (χ1n) is 12.6. The summed E-state index contributed by atoms with van der Waals surface area (Å²) in [5.41, 5.74) is 4.40. The fourth-order valence-corrected chi connectivity index (χ4v) is 5.54. The third-order valence-electron chi connectivity index (χ3n) is 7.32. The molecule has 186 valence electrons. The maximum atomic E-state index is 13.0. The number of amides is 2. The summed E-state index contributed by atoms with van der Waals surface area (Å²) in [6.07, 6.45) is 5.09. The second kappa shape index (κ2) is 11.4. The molecule has 35 heavy (non-hydrogen) atoms. The Morgan fingerprint density at radius 2 is 1.54 bits per heavy atom. The fourth-order valence-electron chi connectivity index (χ4n) is 5.54. The van der Waals surface area contributed by atoms with E-state index in [1.807, 2.05) is 43.3 Å². The van der Waals surface area contributed by atoms with Crippen LogP contribution in [0.3, 0.4) is 0 Å². The smallest absolute Gasteiger partial charge is 0.407 e. The van der Waals surface area contributed by atoms with Gasteiger partial charge in [0.1, 0.15) is 12.6 Å². The summed E-state index contributed by atoms with van der Waals surface area (Å²) in [6, 6.07) is 14.8. The Labute approximate surface area is 206 Å². The van der Waals surface area contributed by atoms with E-state index in [1.54, 1.807) is 0 Å². The van der Waals surface area contributed by atoms with E-state index in [4.69, 9.17) is 4.74 Å². The highest BCUT2D eigenvalue weighted by molar-refractivity contribution is 5.89. The van der Waals surface area contributed by atoms with Crippen molar-refractivity contribution in [1.82, 2.24) is 10.6 Å². The molecule has 2 amide bonds. The van der Waals surface area contributed by atoms with Crippen LogP contribution in [0.15, 0.2) is 48.5 Å². The van der Waals surface area contributed by atoms with E-state index in [0.717, 1.165) is 54.4 Å². The number of aliphatic carboxylic acids is 1. The third kappa shape index (κ3) is 5.84. The van der Waals surface area contributed by atoms with Gasteiger partial charge in [-0.15, -0.1) is 0 Å². The quantitative estimate of drug-likeness (QED) is 0.478. The minimum Gasteiger partial charge on any atom is -0.481 e. The van der Waals surface area contributed by atoms with Gasteiger partial charge in [0.05, 0.1) is 6.42 Å². The van der Waals surface area contributed by atoms with Crippen LogP contribution in [0, 0.1) is 5.92 Å². The zero-order valence-electron chi connectivity index (χ0n) is 20.2. The topological polar surface area (TPSA) is 105 Å². The summed E-state index contributed by atoms with van der Waals surface area (Å²) in [6.45, 7) is 2.12. The highest BCUT2D eigenvalue weighted by Gasteiger charge is 2.31. The van der Waals surface area contributed by atoms with Crippen molar-refractivity contribution in [1.29, 1.82) is 0 Å². The van der Waals surface area contributed by atoms with Gasteiger partial charge in [-0.3, -0.25) is 9.59 Å². The fraction of sp³-hybridized carbons (Fsp3) is 0.464. The number of benzene rings is 2. The number of nitrogens with one attached hydrogen (secondary N) is 2. The predicted octanol–water partition coefficient (Wildman–Crippen LogP) is 4.84. The molecule has 2 aliphatic rings. The molecule has 2 atom stereocenters. The number of ether oxygens (including phenoxy) is 1. The molecule has 0 heterocycles. The minimum absolute atomic E-state index is 0.0246. The van der Waals surface area contributed by atoms with E-state index in [9.17, 15) is 19.5 Å². The van der Waals surface area contributed by atoms with Crippen molar-refractivity contribution in [3.63, 3.8) is 0 Å². The Morgan fingerprint density at radius 1 is 0.943 bits per heavy atom. The molecule has 2 aliphatic carbocycles. The maximum absolute atomic E-state index is 13.0. The molecule has 3 N–H and O–H groups in total. The molecule has 0 radical (unpaired) electrons. The maximum Gasteiger partial charge on any atom is 0.407 e. The van der Waals surface area contributed by atoms with Gasteiger partial charge in [0.15, 0.2) is 0 Å². The Bertz CT molecular complexity index is 1020. The van der Waals surface area contributed by atoms with Crippen LogP contribution in [0.2, 0.25) is 0 Å². The van der Waals surface area contributed by atoms with E-state index in [1.165, 1.54) is 6.42 Å². The Kier molecular flexibility index (Phi) is 8.06. The molecule has 0 saturated heterocycles. The van der Waals surface area contributed by atoms with Crippen LogP contribution < -0.4 is 10.6 Å². The second-order valence-electron chi connectivity index (χ2n) is 9.54. The molecule has 2 unspecified atom stereocenters. The van der Waals surface area contributed by atoms with E-state index >= 15 is 0 Å². The van der Waals surface area contributed by atoms with E-state index in [2.05, 4.69) is 22.8 Å². The number of rotatable bonds is 9. The van der Waals surface area contributed by atoms with Crippen molar-refractivity contribution >= 4 is 18.0 Å². The van der Waals surface area contributed by atoms with Crippen LogP contribution in [0.4, 0.5) is 4.79 Å². The monoisotopic (exact) mass is 478 g/mol. The average molecular weight is 479 g/mol. The van der Waals surface area contributed by atoms with Crippen LogP contribution in [-0.4, -0.2) is 41.8 Å². The molecule has 7 nitrogen and oxygen atoms in total. The van der Waals surface area contributed by atoms with Gasteiger partial charge in [0.25, 0.3) is 0 Å². The summed E-state index contributed by atoms with van der Waals surface area (Å²) in [5, 5.41) is 14.8. The van der Waals surface area contributed by atoms with Crippen LogP contribution in [0.5, 0.6) is 0 Å². The number of fused-ring (bicyclic) bond motifs is 3. The number of alkyl carbamates (subject to hydrolysis) is 1. The Morgan fingerprint density at radius 3 is 2.11 bits per heavy atom. The second-order valence-corrected chi connectivity index (χ2v) is 9.54. The normalized spacial score (nSPS) is 17.1. The van der Waals surface area contributed by atoms with Gasteiger partial charge in [0.2, 0.25) is 5.91 Å². The van der Waals surface area contributed by atoms with Crippen molar-refractivity contribution in [3.8, 4) is 11.1 Å². The van der Waals surface area contributed by atoms with Crippen molar-refractivity contribution in [2.45, 2.75) is 69.9 Å². The lowest BCUT2D eigenvalue weighted by Gasteiger charge is -2.31. The molecule has 0 aliphatic heterocycles. The first-order valence-corrected chi connectivity index (χ1v) is 12.6. The van der Waals surface area contributed by atoms with Gasteiger partial charge in [-0.2, -0.15) is 0 Å². The lowest BCUT2D eigenvalue weighted by Crippen LogP contribution is -2.52. The lowest BCUT2D eigenvalue weighted by atomic mass is 9.83. The number of carbonyl (C=O) groups excluding carboxylic acids is 2. The van der Waals surface area contributed by atoms with Crippen LogP contribution in [0.25, 0.3) is 11.1 Å². The van der Waals surface area contributed by atoms with Crippen LogP contribution in [-0.2, 0) is 14.3 Å². The highest BCUT2D eigenvalue weighted by Crippen LogP contribution is 2.44. The predicted molar refractivity (Wildman–Crippen MR) is 133 cm³/mol. The molecule has 1 fully saturated rings. The highest BCUT2D eigenvalue weighted by atomic mass is 16.5. The van der Waals surface area contributed by atoms with Gasteiger partial charge in [0, 0.05) is 12.0 Å². The van der Waals surface area contributed by atoms with Crippen molar-refractivity contribution in [3.05, 3.63) is 59.7 Å². The van der Waals surface area contributed by atoms with E-state index in [-0.39, 0.29) is 18.6 Å². The zero-order valence-corrected chi connectivity index (χ0v) is 20.2. The van der Waals surface area contributed by atoms with Crippen LogP contribution in [0.1, 0.15) is 68.9 Å². The van der Waals surface area contributed by atoms with Gasteiger partial charge < -0.3 is 20.5 Å². The first-order chi connectivity index (χ1) is 17.0. The molecule has 2 aromatic rings. The average Bonchev–Trinajstić information content (AvgIpc) is 3.19. The minimum atomic E-state index is -1.19. The number of carbonyl (C=O) groups is 3. The van der Waals surface area contributed by atoms with E-state index in [0.29, 0.717) is 5.92 Å². The standard InChI is InChI=1S/C28H34N2O5/c1-2-24(18-10-4-3-5-11-18)29-27(33)25(16-26(31)32)30-28(34)35-17-23-21-14-8-6-12-19(21)20-13-7-9-15-22(20)23/h6-9,12-15,18,23-25H,2-5,10-11,16-17H2,1H3,(H,29,33)(H,30,34)(H,31,32). The van der Waals surface area contributed by atoms with Crippen molar-refractivity contribution in [2.24, 2.45) is 5.92 Å². The first kappa shape index (κ1) is 24.8. The van der Waals surface area contributed by atoms with Crippen LogP contribution >= 0.6 is 0 Å². The number of carboxylic acid groups (broad SMARTS) is 1. The SMILES string of the molecule is CCC(NC(=O)C(CC(=O)O)NC(=O)OCC1c2ccccc2-c2ccccc21)C1CCCCC1. The molecule has 0 aromatic heterocycles. The summed E-state index contributed by atoms with van der Waals surface area (Å²) in [4.78, 5) is 37.1. The molecule has 7 heteroatoms. The Balaban J connectivity index is 1.39. The van der Waals surface area contributed by atoms with Crippen molar-refractivity contribution < 1.29 is 24.2 Å². The van der Waals surface area contributed by atoms with Gasteiger partial charge >= 0.3 is 12.1 Å². The van der Waals surface area contributed by atoms with Crippen molar-refractivity contribution in [2.75, 3.05) is 6.61 Å². The molecule has 1 saturated carbocycles. The third-order valence-corrected chi connectivity index (χ3v) is 7.32. The molecule has 2 aromatic carbocycles. The molecule has 0 bridgehead atoms.